The van der Waals surface area contributed by atoms with E-state index in [1.165, 1.54) is 16.9 Å². The Morgan fingerprint density at radius 3 is 2.40 bits per heavy atom. The Kier molecular flexibility index (Phi) is 5.58. The average Bonchev–Trinajstić information content (AvgIpc) is 3.09. The van der Waals surface area contributed by atoms with Crippen LogP contribution in [-0.2, 0) is 11.3 Å². The lowest BCUT2D eigenvalue weighted by Gasteiger charge is -2.17. The monoisotopic (exact) mass is 352 g/mol. The van der Waals surface area contributed by atoms with E-state index >= 15 is 0 Å². The number of thiazole rings is 1. The van der Waals surface area contributed by atoms with Crippen LogP contribution in [0.5, 0.6) is 0 Å². The third-order valence-corrected chi connectivity index (χ3v) is 4.94. The first-order valence-electron chi connectivity index (χ1n) is 8.33. The molecule has 0 spiro atoms. The molecule has 0 aliphatic carbocycles. The molecule has 1 heterocycles. The van der Waals surface area contributed by atoms with Gasteiger partial charge in [0.1, 0.15) is 18.3 Å². The van der Waals surface area contributed by atoms with Crippen molar-refractivity contribution in [1.29, 1.82) is 0 Å². The number of para-hydroxylation sites is 1. The minimum Gasteiger partial charge on any atom is -0.335 e. The number of amides is 1. The molecule has 2 N–H and O–H groups in total. The van der Waals surface area contributed by atoms with Crippen LogP contribution in [0.4, 0.5) is 10.8 Å². The van der Waals surface area contributed by atoms with E-state index in [1.807, 2.05) is 41.8 Å². The zero-order chi connectivity index (χ0) is 17.6. The van der Waals surface area contributed by atoms with Crippen molar-refractivity contribution in [2.24, 2.45) is 0 Å². The van der Waals surface area contributed by atoms with E-state index in [0.29, 0.717) is 6.04 Å². The first-order valence-corrected chi connectivity index (χ1v) is 9.21. The quantitative estimate of drug-likeness (QED) is 0.736. The molecule has 0 bridgehead atoms. The summed E-state index contributed by atoms with van der Waals surface area (Å²) in [5, 5.41) is 5.01. The number of carbonyl (C=O) groups is 1. The summed E-state index contributed by atoms with van der Waals surface area (Å²) in [6, 6.07) is 20.4. The fourth-order valence-electron chi connectivity index (χ4n) is 2.69. The fraction of sp³-hybridized carbons (Fsp3) is 0.200. The summed E-state index contributed by atoms with van der Waals surface area (Å²) in [6.07, 6.45) is 0. The van der Waals surface area contributed by atoms with Crippen molar-refractivity contribution in [2.75, 3.05) is 4.90 Å². The highest BCUT2D eigenvalue weighted by Crippen LogP contribution is 2.28. The summed E-state index contributed by atoms with van der Waals surface area (Å²) in [4.78, 5) is 18.4. The molecule has 0 fully saturated rings. The van der Waals surface area contributed by atoms with Crippen LogP contribution in [0.1, 0.15) is 31.1 Å². The van der Waals surface area contributed by atoms with Gasteiger partial charge in [-0.3, -0.25) is 9.69 Å². The summed E-state index contributed by atoms with van der Waals surface area (Å²) < 4.78 is 0. The van der Waals surface area contributed by atoms with Crippen molar-refractivity contribution < 1.29 is 10.1 Å². The number of aromatic nitrogens is 1. The van der Waals surface area contributed by atoms with Gasteiger partial charge in [0.25, 0.3) is 0 Å². The molecular weight excluding hydrogens is 330 g/mol. The Morgan fingerprint density at radius 1 is 1.12 bits per heavy atom. The molecule has 0 unspecified atom stereocenters. The van der Waals surface area contributed by atoms with E-state index in [4.69, 9.17) is 0 Å². The molecule has 25 heavy (non-hydrogen) atoms. The average molecular weight is 352 g/mol. The van der Waals surface area contributed by atoms with Crippen molar-refractivity contribution in [3.05, 3.63) is 77.3 Å². The molecule has 1 atom stereocenters. The molecule has 0 saturated heterocycles. The van der Waals surface area contributed by atoms with Crippen LogP contribution in [0.2, 0.25) is 0 Å². The van der Waals surface area contributed by atoms with Crippen LogP contribution >= 0.6 is 11.3 Å². The Morgan fingerprint density at radius 2 is 1.76 bits per heavy atom. The van der Waals surface area contributed by atoms with E-state index in [1.54, 1.807) is 11.8 Å². The third kappa shape index (κ3) is 4.32. The number of nitrogens with two attached hydrogens (primary N) is 1. The maximum Gasteiger partial charge on any atom is 0.230 e. The van der Waals surface area contributed by atoms with Crippen LogP contribution in [0.25, 0.3) is 0 Å². The van der Waals surface area contributed by atoms with Gasteiger partial charge in [0.2, 0.25) is 5.91 Å². The topological polar surface area (TPSA) is 49.8 Å². The minimum absolute atomic E-state index is 0.0336. The van der Waals surface area contributed by atoms with Crippen molar-refractivity contribution in [3.63, 3.8) is 0 Å². The Balaban J connectivity index is 1.70. The first-order chi connectivity index (χ1) is 12.1. The van der Waals surface area contributed by atoms with Crippen LogP contribution < -0.4 is 10.2 Å². The molecule has 0 saturated carbocycles. The van der Waals surface area contributed by atoms with Crippen molar-refractivity contribution in [3.8, 4) is 0 Å². The zero-order valence-electron chi connectivity index (χ0n) is 14.4. The summed E-state index contributed by atoms with van der Waals surface area (Å²) in [5.41, 5.74) is 3.13. The lowest BCUT2D eigenvalue weighted by atomic mass is 10.1. The first kappa shape index (κ1) is 17.3. The molecule has 4 nitrogen and oxygen atoms in total. The van der Waals surface area contributed by atoms with Gasteiger partial charge in [-0.2, -0.15) is 0 Å². The van der Waals surface area contributed by atoms with Crippen LogP contribution in [0.3, 0.4) is 0 Å². The van der Waals surface area contributed by atoms with Crippen LogP contribution in [-0.4, -0.2) is 10.9 Å². The highest BCUT2D eigenvalue weighted by atomic mass is 32.1. The van der Waals surface area contributed by atoms with E-state index in [2.05, 4.69) is 41.5 Å². The van der Waals surface area contributed by atoms with Gasteiger partial charge in [0.15, 0.2) is 5.13 Å². The second kappa shape index (κ2) is 8.05. The molecule has 0 aliphatic heterocycles. The molecule has 2 aromatic carbocycles. The molecule has 3 rings (SSSR count). The number of carbonyl (C=O) groups excluding carboxylic acids is 1. The molecule has 3 aromatic rings. The number of hydrogen-bond donors (Lipinski definition) is 1. The number of anilines is 2. The van der Waals surface area contributed by atoms with Gasteiger partial charge in [-0.25, -0.2) is 4.98 Å². The molecule has 0 aliphatic rings. The zero-order valence-corrected chi connectivity index (χ0v) is 15.2. The minimum atomic E-state index is -0.0336. The number of nitrogens with zero attached hydrogens (tertiary/aromatic N) is 2. The predicted octanol–water partition coefficient (Wildman–Crippen LogP) is 3.65. The van der Waals surface area contributed by atoms with Gasteiger partial charge in [-0.15, -0.1) is 11.3 Å². The van der Waals surface area contributed by atoms with Gasteiger partial charge in [0.05, 0.1) is 5.69 Å². The summed E-state index contributed by atoms with van der Waals surface area (Å²) in [6.45, 7) is 4.54. The number of hydrogen-bond acceptors (Lipinski definition) is 3. The lowest BCUT2D eigenvalue weighted by Crippen LogP contribution is -2.83. The summed E-state index contributed by atoms with van der Waals surface area (Å²) in [5.74, 6) is -0.0336. The van der Waals surface area contributed by atoms with Gasteiger partial charge in [-0.05, 0) is 19.1 Å². The summed E-state index contributed by atoms with van der Waals surface area (Å²) in [7, 11) is 0. The molecular formula is C20H22N3OS+. The smallest absolute Gasteiger partial charge is 0.230 e. The van der Waals surface area contributed by atoms with Gasteiger partial charge >= 0.3 is 0 Å². The second-order valence-electron chi connectivity index (χ2n) is 5.95. The standard InChI is InChI=1S/C20H21N3OS/c1-15(17-9-5-3-6-10-17)21-13-18-14-25-20(22-18)23(16(2)24)19-11-7-4-8-12-19/h3-12,14-15,21H,13H2,1-2H3/p+1/t15-/m0/s1. The fourth-order valence-corrected chi connectivity index (χ4v) is 3.59. The van der Waals surface area contributed by atoms with E-state index in [9.17, 15) is 4.79 Å². The van der Waals surface area contributed by atoms with Crippen LogP contribution in [0.15, 0.2) is 66.0 Å². The van der Waals surface area contributed by atoms with Gasteiger partial charge < -0.3 is 5.32 Å². The highest BCUT2D eigenvalue weighted by Gasteiger charge is 2.18. The summed E-state index contributed by atoms with van der Waals surface area (Å²) >= 11 is 1.50. The van der Waals surface area contributed by atoms with Gasteiger partial charge in [0, 0.05) is 17.9 Å². The second-order valence-corrected chi connectivity index (χ2v) is 6.79. The van der Waals surface area contributed by atoms with E-state index < -0.39 is 0 Å². The van der Waals surface area contributed by atoms with Crippen LogP contribution in [0, 0.1) is 0 Å². The van der Waals surface area contributed by atoms with Crippen molar-refractivity contribution >= 4 is 28.1 Å². The highest BCUT2D eigenvalue weighted by molar-refractivity contribution is 7.14. The third-order valence-electron chi connectivity index (χ3n) is 4.07. The Bertz CT molecular complexity index is 817. The molecule has 5 heteroatoms. The van der Waals surface area contributed by atoms with Gasteiger partial charge in [-0.1, -0.05) is 48.5 Å². The van der Waals surface area contributed by atoms with Crippen molar-refractivity contribution in [2.45, 2.75) is 26.4 Å². The Hall–Kier alpha value is -2.50. The Labute approximate surface area is 152 Å². The van der Waals surface area contributed by atoms with E-state index in [0.717, 1.165) is 23.1 Å². The maximum absolute atomic E-state index is 12.1. The predicted molar refractivity (Wildman–Crippen MR) is 102 cm³/mol. The van der Waals surface area contributed by atoms with E-state index in [-0.39, 0.29) is 5.91 Å². The largest absolute Gasteiger partial charge is 0.335 e. The molecule has 128 valence electrons. The molecule has 0 radical (unpaired) electrons. The molecule has 1 amide bonds. The maximum atomic E-state index is 12.1. The lowest BCUT2D eigenvalue weighted by molar-refractivity contribution is -0.708. The SMILES string of the molecule is CC(=O)N(c1ccccc1)c1nc(C[NH2+][C@@H](C)c2ccccc2)cs1. The number of benzene rings is 2. The molecule has 1 aromatic heterocycles. The van der Waals surface area contributed by atoms with Crippen molar-refractivity contribution in [1.82, 2.24) is 4.98 Å². The number of rotatable bonds is 6. The number of quaternary nitrogens is 1. The normalized spacial score (nSPS) is 11.9.